The van der Waals surface area contributed by atoms with Gasteiger partial charge in [-0.2, -0.15) is 0 Å². The lowest BCUT2D eigenvalue weighted by Gasteiger charge is -2.26. The molecule has 0 aromatic heterocycles. The zero-order valence-corrected chi connectivity index (χ0v) is 10.3. The Balaban J connectivity index is 1.95. The summed E-state index contributed by atoms with van der Waals surface area (Å²) in [5.41, 5.74) is 5.75. The fraction of sp³-hybridized carbons (Fsp3) is 0.833. The number of likely N-dealkylation sites (tertiary alicyclic amines) is 1. The first kappa shape index (κ1) is 12.4. The topological polar surface area (TPSA) is 75.4 Å². The Hall–Kier alpha value is -1.10. The number of nitrogens with two attached hydrogens (primary N) is 1. The molecular formula is C12H21N3O2. The average Bonchev–Trinajstić information content (AvgIpc) is 2.99. The molecule has 0 aromatic rings. The molecule has 0 aromatic carbocycles. The van der Waals surface area contributed by atoms with E-state index < -0.39 is 6.04 Å². The highest BCUT2D eigenvalue weighted by molar-refractivity contribution is 5.90. The van der Waals surface area contributed by atoms with Gasteiger partial charge in [0.15, 0.2) is 0 Å². The number of carbonyl (C=O) groups excluding carboxylic acids is 2. The van der Waals surface area contributed by atoms with Gasteiger partial charge in [0.2, 0.25) is 11.8 Å². The van der Waals surface area contributed by atoms with E-state index in [0.29, 0.717) is 19.0 Å². The van der Waals surface area contributed by atoms with Crippen molar-refractivity contribution in [1.82, 2.24) is 10.2 Å². The number of hydrogen-bond donors (Lipinski definition) is 2. The van der Waals surface area contributed by atoms with Crippen molar-refractivity contribution in [3.05, 3.63) is 0 Å². The molecule has 0 bridgehead atoms. The Labute approximate surface area is 102 Å². The molecule has 1 aliphatic heterocycles. The number of carbonyl (C=O) groups is 2. The normalized spacial score (nSPS) is 25.8. The fourth-order valence-corrected chi connectivity index (χ4v) is 2.22. The number of nitrogens with one attached hydrogen (secondary N) is 1. The molecule has 1 saturated heterocycles. The molecule has 3 N–H and O–H groups in total. The lowest BCUT2D eigenvalue weighted by atomic mass is 10.1. The van der Waals surface area contributed by atoms with E-state index in [0.717, 1.165) is 25.7 Å². The summed E-state index contributed by atoms with van der Waals surface area (Å²) < 4.78 is 0. The quantitative estimate of drug-likeness (QED) is 0.724. The second-order valence-electron chi connectivity index (χ2n) is 4.99. The number of rotatable bonds is 4. The third-order valence-electron chi connectivity index (χ3n) is 3.52. The van der Waals surface area contributed by atoms with Crippen molar-refractivity contribution in [2.24, 2.45) is 5.73 Å². The predicted octanol–water partition coefficient (Wildman–Crippen LogP) is -0.00670. The molecule has 0 radical (unpaired) electrons. The van der Waals surface area contributed by atoms with E-state index in [2.05, 4.69) is 5.32 Å². The lowest BCUT2D eigenvalue weighted by molar-refractivity contribution is -0.139. The summed E-state index contributed by atoms with van der Waals surface area (Å²) in [6.07, 6.45) is 4.42. The average molecular weight is 239 g/mol. The van der Waals surface area contributed by atoms with Gasteiger partial charge >= 0.3 is 0 Å². The van der Waals surface area contributed by atoms with Crippen LogP contribution in [0.3, 0.4) is 0 Å². The van der Waals surface area contributed by atoms with Gasteiger partial charge in [-0.25, -0.2) is 0 Å². The monoisotopic (exact) mass is 239 g/mol. The standard InChI is InChI=1S/C12H21N3O2/c1-2-9(13)12(17)15-7-3-4-10(15)11(16)14-8-5-6-8/h8-10H,2-7,13H2,1H3,(H,14,16)/t9-,10?/m1/s1. The van der Waals surface area contributed by atoms with Crippen LogP contribution >= 0.6 is 0 Å². The Kier molecular flexibility index (Phi) is 3.66. The maximum atomic E-state index is 12.0. The Morgan fingerprint density at radius 3 is 2.71 bits per heavy atom. The molecule has 1 aliphatic carbocycles. The van der Waals surface area contributed by atoms with E-state index in [1.807, 2.05) is 6.92 Å². The predicted molar refractivity (Wildman–Crippen MR) is 64.2 cm³/mol. The third-order valence-corrected chi connectivity index (χ3v) is 3.52. The summed E-state index contributed by atoms with van der Waals surface area (Å²) in [6.45, 7) is 2.55. The number of nitrogens with zero attached hydrogens (tertiary/aromatic N) is 1. The molecule has 2 rings (SSSR count). The first-order valence-electron chi connectivity index (χ1n) is 6.50. The van der Waals surface area contributed by atoms with Gasteiger partial charge in [-0.15, -0.1) is 0 Å². The van der Waals surface area contributed by atoms with Crippen LogP contribution in [0.1, 0.15) is 39.0 Å². The van der Waals surface area contributed by atoms with Crippen molar-refractivity contribution < 1.29 is 9.59 Å². The second-order valence-corrected chi connectivity index (χ2v) is 4.99. The van der Waals surface area contributed by atoms with Gasteiger partial charge in [-0.3, -0.25) is 9.59 Å². The minimum atomic E-state index is -0.468. The van der Waals surface area contributed by atoms with E-state index in [4.69, 9.17) is 5.73 Å². The van der Waals surface area contributed by atoms with Crippen LogP contribution in [0, 0.1) is 0 Å². The summed E-state index contributed by atoms with van der Waals surface area (Å²) in [7, 11) is 0. The molecule has 1 saturated carbocycles. The maximum Gasteiger partial charge on any atom is 0.243 e. The Bertz CT molecular complexity index is 315. The summed E-state index contributed by atoms with van der Waals surface area (Å²) in [5, 5.41) is 2.96. The summed E-state index contributed by atoms with van der Waals surface area (Å²) in [4.78, 5) is 25.6. The van der Waals surface area contributed by atoms with E-state index in [1.165, 1.54) is 0 Å². The van der Waals surface area contributed by atoms with Crippen molar-refractivity contribution in [2.75, 3.05) is 6.54 Å². The summed E-state index contributed by atoms with van der Waals surface area (Å²) >= 11 is 0. The van der Waals surface area contributed by atoms with E-state index in [9.17, 15) is 9.59 Å². The SMILES string of the molecule is CC[C@@H](N)C(=O)N1CCCC1C(=O)NC1CC1. The molecule has 1 unspecified atom stereocenters. The highest BCUT2D eigenvalue weighted by Gasteiger charge is 2.37. The van der Waals surface area contributed by atoms with Gasteiger partial charge in [0, 0.05) is 12.6 Å². The minimum absolute atomic E-state index is 0.00153. The molecular weight excluding hydrogens is 218 g/mol. The van der Waals surface area contributed by atoms with Crippen LogP contribution in [0.15, 0.2) is 0 Å². The first-order valence-corrected chi connectivity index (χ1v) is 6.50. The van der Waals surface area contributed by atoms with E-state index in [-0.39, 0.29) is 17.9 Å². The molecule has 0 spiro atoms. The van der Waals surface area contributed by atoms with Gasteiger partial charge in [-0.05, 0) is 32.1 Å². The smallest absolute Gasteiger partial charge is 0.243 e. The third kappa shape index (κ3) is 2.77. The van der Waals surface area contributed by atoms with Gasteiger partial charge < -0.3 is 16.0 Å². The molecule has 5 heteroatoms. The first-order chi connectivity index (χ1) is 8.13. The van der Waals surface area contributed by atoms with Gasteiger partial charge in [0.05, 0.1) is 6.04 Å². The van der Waals surface area contributed by atoms with Crippen LogP contribution in [0.2, 0.25) is 0 Å². The summed E-state index contributed by atoms with van der Waals surface area (Å²) in [5.74, 6) is -0.0809. The Morgan fingerprint density at radius 2 is 2.12 bits per heavy atom. The van der Waals surface area contributed by atoms with Crippen LogP contribution in [-0.4, -0.2) is 41.4 Å². The van der Waals surface area contributed by atoms with Crippen molar-refractivity contribution >= 4 is 11.8 Å². The van der Waals surface area contributed by atoms with E-state index in [1.54, 1.807) is 4.90 Å². The highest BCUT2D eigenvalue weighted by atomic mass is 16.2. The number of hydrogen-bond acceptors (Lipinski definition) is 3. The molecule has 2 aliphatic rings. The molecule has 1 heterocycles. The van der Waals surface area contributed by atoms with Crippen LogP contribution in [0.4, 0.5) is 0 Å². The van der Waals surface area contributed by atoms with Crippen molar-refractivity contribution in [3.63, 3.8) is 0 Å². The molecule has 2 amide bonds. The van der Waals surface area contributed by atoms with Gasteiger partial charge in [0.1, 0.15) is 6.04 Å². The van der Waals surface area contributed by atoms with Crippen LogP contribution < -0.4 is 11.1 Å². The molecule has 5 nitrogen and oxygen atoms in total. The highest BCUT2D eigenvalue weighted by Crippen LogP contribution is 2.22. The molecule has 2 fully saturated rings. The fourth-order valence-electron chi connectivity index (χ4n) is 2.22. The molecule has 2 atom stereocenters. The maximum absolute atomic E-state index is 12.0. The second kappa shape index (κ2) is 5.04. The minimum Gasteiger partial charge on any atom is -0.352 e. The van der Waals surface area contributed by atoms with Crippen molar-refractivity contribution in [2.45, 2.75) is 57.2 Å². The zero-order chi connectivity index (χ0) is 12.4. The molecule has 96 valence electrons. The van der Waals surface area contributed by atoms with Crippen molar-refractivity contribution in [3.8, 4) is 0 Å². The van der Waals surface area contributed by atoms with Crippen molar-refractivity contribution in [1.29, 1.82) is 0 Å². The molecule has 17 heavy (non-hydrogen) atoms. The van der Waals surface area contributed by atoms with Crippen LogP contribution in [0.5, 0.6) is 0 Å². The van der Waals surface area contributed by atoms with Crippen LogP contribution in [0.25, 0.3) is 0 Å². The van der Waals surface area contributed by atoms with E-state index >= 15 is 0 Å². The van der Waals surface area contributed by atoms with Crippen LogP contribution in [-0.2, 0) is 9.59 Å². The Morgan fingerprint density at radius 1 is 1.41 bits per heavy atom. The largest absolute Gasteiger partial charge is 0.352 e. The zero-order valence-electron chi connectivity index (χ0n) is 10.3. The lowest BCUT2D eigenvalue weighted by Crippen LogP contribution is -2.51. The van der Waals surface area contributed by atoms with Gasteiger partial charge in [-0.1, -0.05) is 6.92 Å². The van der Waals surface area contributed by atoms with Gasteiger partial charge in [0.25, 0.3) is 0 Å². The summed E-state index contributed by atoms with van der Waals surface area (Å²) in [6, 6.07) is -0.412. The number of amides is 2.